The number of alkyl halides is 3. The highest BCUT2D eigenvalue weighted by Crippen LogP contribution is 2.38. The van der Waals surface area contributed by atoms with E-state index in [1.165, 1.54) is 7.11 Å². The summed E-state index contributed by atoms with van der Waals surface area (Å²) in [7, 11) is 1.42. The predicted molar refractivity (Wildman–Crippen MR) is 69.9 cm³/mol. The molecular formula is C12H14ClF3N2O. The Bertz CT molecular complexity index is 566. The van der Waals surface area contributed by atoms with Gasteiger partial charge in [0.1, 0.15) is 11.4 Å². The average Bonchev–Trinajstić information content (AvgIpc) is 2.68. The molecule has 0 amide bonds. The standard InChI is InChI=1S/C12H13F3N2O.ClH/c1-18-9-4-2-3-7-8(5-6-16)11(12(13,14)15)17-10(7)9;/h2-4,17H,5-6,16H2,1H3;1H. The number of aromatic amines is 1. The molecule has 0 aliphatic carbocycles. The zero-order chi connectivity index (χ0) is 13.3. The number of nitrogens with one attached hydrogen (secondary N) is 1. The highest BCUT2D eigenvalue weighted by atomic mass is 35.5. The minimum absolute atomic E-state index is 0. The third kappa shape index (κ3) is 2.79. The molecule has 2 rings (SSSR count). The number of rotatable bonds is 3. The Morgan fingerprint density at radius 3 is 2.53 bits per heavy atom. The zero-order valence-electron chi connectivity index (χ0n) is 10.2. The molecule has 1 aromatic heterocycles. The van der Waals surface area contributed by atoms with Crippen molar-refractivity contribution in [3.05, 3.63) is 29.5 Å². The quantitative estimate of drug-likeness (QED) is 0.914. The highest BCUT2D eigenvalue weighted by molar-refractivity contribution is 5.89. The van der Waals surface area contributed by atoms with Gasteiger partial charge in [-0.15, -0.1) is 12.4 Å². The Kier molecular flexibility index (Phi) is 4.70. The van der Waals surface area contributed by atoms with Crippen molar-refractivity contribution in [1.29, 1.82) is 0 Å². The maximum absolute atomic E-state index is 12.9. The van der Waals surface area contributed by atoms with Crippen LogP contribution in [0.1, 0.15) is 11.3 Å². The molecule has 0 aliphatic rings. The summed E-state index contributed by atoms with van der Waals surface area (Å²) in [6.45, 7) is 0.160. The van der Waals surface area contributed by atoms with E-state index < -0.39 is 11.9 Å². The van der Waals surface area contributed by atoms with E-state index in [9.17, 15) is 13.2 Å². The topological polar surface area (TPSA) is 51.0 Å². The zero-order valence-corrected chi connectivity index (χ0v) is 11.0. The average molecular weight is 295 g/mol. The number of fused-ring (bicyclic) bond motifs is 1. The molecule has 3 nitrogen and oxygen atoms in total. The Balaban J connectivity index is 0.00000180. The summed E-state index contributed by atoms with van der Waals surface area (Å²) >= 11 is 0. The lowest BCUT2D eigenvalue weighted by Gasteiger charge is -2.06. The van der Waals surface area contributed by atoms with Gasteiger partial charge in [0.2, 0.25) is 0 Å². The number of nitrogens with two attached hydrogens (primary N) is 1. The van der Waals surface area contributed by atoms with E-state index in [0.29, 0.717) is 16.7 Å². The molecule has 0 spiro atoms. The lowest BCUT2D eigenvalue weighted by molar-refractivity contribution is -0.141. The number of halogens is 4. The summed E-state index contributed by atoms with van der Waals surface area (Å²) in [5, 5.41) is 0.507. The molecule has 0 aliphatic heterocycles. The van der Waals surface area contributed by atoms with Gasteiger partial charge >= 0.3 is 6.18 Å². The molecule has 0 unspecified atom stereocenters. The molecule has 2 aromatic rings. The SMILES string of the molecule is COc1cccc2c(CCN)c(C(F)(F)F)[nH]c12.Cl. The number of para-hydroxylation sites is 1. The summed E-state index contributed by atoms with van der Waals surface area (Å²) in [4.78, 5) is 2.40. The number of hydrogen-bond acceptors (Lipinski definition) is 2. The Morgan fingerprint density at radius 1 is 1.32 bits per heavy atom. The maximum Gasteiger partial charge on any atom is 0.431 e. The van der Waals surface area contributed by atoms with E-state index in [2.05, 4.69) is 4.98 Å². The second kappa shape index (κ2) is 5.71. The fraction of sp³-hybridized carbons (Fsp3) is 0.333. The van der Waals surface area contributed by atoms with Gasteiger partial charge in [0.15, 0.2) is 0 Å². The Hall–Kier alpha value is -1.40. The van der Waals surface area contributed by atoms with Crippen LogP contribution in [0.3, 0.4) is 0 Å². The number of methoxy groups -OCH3 is 1. The number of benzene rings is 1. The maximum atomic E-state index is 12.9. The Morgan fingerprint density at radius 2 is 2.00 bits per heavy atom. The molecule has 0 fully saturated rings. The molecule has 1 heterocycles. The van der Waals surface area contributed by atoms with E-state index in [1.54, 1.807) is 18.2 Å². The third-order valence-corrected chi connectivity index (χ3v) is 2.80. The molecule has 7 heteroatoms. The largest absolute Gasteiger partial charge is 0.495 e. The lowest BCUT2D eigenvalue weighted by Crippen LogP contribution is -2.11. The summed E-state index contributed by atoms with van der Waals surface area (Å²) in [6, 6.07) is 4.91. The fourth-order valence-corrected chi connectivity index (χ4v) is 2.06. The minimum atomic E-state index is -4.42. The van der Waals surface area contributed by atoms with Crippen molar-refractivity contribution in [2.45, 2.75) is 12.6 Å². The van der Waals surface area contributed by atoms with Crippen LogP contribution < -0.4 is 10.5 Å². The van der Waals surface area contributed by atoms with Gasteiger partial charge in [-0.05, 0) is 24.6 Å². The molecule has 106 valence electrons. The normalized spacial score (nSPS) is 11.4. The van der Waals surface area contributed by atoms with Gasteiger partial charge in [-0.1, -0.05) is 12.1 Å². The van der Waals surface area contributed by atoms with Crippen LogP contribution in [0, 0.1) is 0 Å². The molecule has 0 bridgehead atoms. The smallest absolute Gasteiger partial charge is 0.431 e. The first kappa shape index (κ1) is 15.7. The first-order valence-electron chi connectivity index (χ1n) is 5.44. The van der Waals surface area contributed by atoms with Crippen LogP contribution in [-0.2, 0) is 12.6 Å². The summed E-state index contributed by atoms with van der Waals surface area (Å²) in [6.07, 6.45) is -4.25. The van der Waals surface area contributed by atoms with E-state index in [1.807, 2.05) is 0 Å². The van der Waals surface area contributed by atoms with Gasteiger partial charge < -0.3 is 15.5 Å². The van der Waals surface area contributed by atoms with Gasteiger partial charge in [-0.3, -0.25) is 0 Å². The number of H-pyrrole nitrogens is 1. The first-order valence-corrected chi connectivity index (χ1v) is 5.44. The molecular weight excluding hydrogens is 281 g/mol. The predicted octanol–water partition coefficient (Wildman–Crippen LogP) is 3.12. The van der Waals surface area contributed by atoms with Gasteiger partial charge in [0, 0.05) is 5.39 Å². The first-order chi connectivity index (χ1) is 8.49. The van der Waals surface area contributed by atoms with Crippen molar-refractivity contribution in [3.63, 3.8) is 0 Å². The third-order valence-electron chi connectivity index (χ3n) is 2.80. The lowest BCUT2D eigenvalue weighted by atomic mass is 10.1. The molecule has 1 aromatic carbocycles. The van der Waals surface area contributed by atoms with Crippen molar-refractivity contribution >= 4 is 23.3 Å². The van der Waals surface area contributed by atoms with Crippen LogP contribution in [0.25, 0.3) is 10.9 Å². The molecule has 0 atom stereocenters. The van der Waals surface area contributed by atoms with E-state index >= 15 is 0 Å². The second-order valence-electron chi connectivity index (χ2n) is 3.90. The van der Waals surface area contributed by atoms with E-state index in [-0.39, 0.29) is 30.9 Å². The van der Waals surface area contributed by atoms with Gasteiger partial charge in [0.05, 0.1) is 12.6 Å². The van der Waals surface area contributed by atoms with Gasteiger partial charge in [-0.25, -0.2) is 0 Å². The van der Waals surface area contributed by atoms with Gasteiger partial charge in [-0.2, -0.15) is 13.2 Å². The van der Waals surface area contributed by atoms with Crippen LogP contribution in [0.5, 0.6) is 5.75 Å². The molecule has 0 radical (unpaired) electrons. The molecule has 19 heavy (non-hydrogen) atoms. The number of hydrogen-bond donors (Lipinski definition) is 2. The second-order valence-corrected chi connectivity index (χ2v) is 3.90. The van der Waals surface area contributed by atoms with Crippen molar-refractivity contribution < 1.29 is 17.9 Å². The molecule has 3 N–H and O–H groups in total. The van der Waals surface area contributed by atoms with Crippen LogP contribution in [0.4, 0.5) is 13.2 Å². The monoisotopic (exact) mass is 294 g/mol. The van der Waals surface area contributed by atoms with Crippen molar-refractivity contribution in [2.24, 2.45) is 5.73 Å². The molecule has 0 saturated heterocycles. The van der Waals surface area contributed by atoms with Crippen LogP contribution in [0.2, 0.25) is 0 Å². The number of ether oxygens (including phenoxy) is 1. The van der Waals surface area contributed by atoms with Gasteiger partial charge in [0.25, 0.3) is 0 Å². The summed E-state index contributed by atoms with van der Waals surface area (Å²) in [5.74, 6) is 0.390. The Labute approximate surface area is 114 Å². The number of aromatic nitrogens is 1. The highest BCUT2D eigenvalue weighted by Gasteiger charge is 2.36. The van der Waals surface area contributed by atoms with Crippen LogP contribution >= 0.6 is 12.4 Å². The van der Waals surface area contributed by atoms with E-state index in [4.69, 9.17) is 10.5 Å². The summed E-state index contributed by atoms with van der Waals surface area (Å²) < 4.78 is 43.9. The van der Waals surface area contributed by atoms with Crippen molar-refractivity contribution in [1.82, 2.24) is 4.98 Å². The van der Waals surface area contributed by atoms with Crippen LogP contribution in [0.15, 0.2) is 18.2 Å². The van der Waals surface area contributed by atoms with Crippen molar-refractivity contribution in [3.8, 4) is 5.75 Å². The summed E-state index contributed by atoms with van der Waals surface area (Å²) in [5.41, 5.74) is 5.19. The van der Waals surface area contributed by atoms with Crippen LogP contribution in [-0.4, -0.2) is 18.6 Å². The molecule has 0 saturated carbocycles. The minimum Gasteiger partial charge on any atom is -0.495 e. The van der Waals surface area contributed by atoms with Crippen molar-refractivity contribution in [2.75, 3.05) is 13.7 Å². The fourth-order valence-electron chi connectivity index (χ4n) is 2.06. The van der Waals surface area contributed by atoms with E-state index in [0.717, 1.165) is 0 Å².